The number of nitrogens with zero attached hydrogens (tertiary/aromatic N) is 2. The lowest BCUT2D eigenvalue weighted by atomic mass is 9.45. The molecule has 0 unspecified atom stereocenters. The summed E-state index contributed by atoms with van der Waals surface area (Å²) in [6.45, 7) is 9.56. The quantitative estimate of drug-likeness (QED) is 0.357. The monoisotopic (exact) mass is 510 g/mol. The summed E-state index contributed by atoms with van der Waals surface area (Å²) in [5.74, 6) is 2.22. The Morgan fingerprint density at radius 1 is 1.16 bits per heavy atom. The van der Waals surface area contributed by atoms with Gasteiger partial charge in [-0.05, 0) is 130 Å². The number of hydrogen-bond donors (Lipinski definition) is 1. The smallest absolute Gasteiger partial charge is 0.407 e. The van der Waals surface area contributed by atoms with Crippen LogP contribution in [0.15, 0.2) is 23.3 Å². The Hall–Kier alpha value is -1.82. The highest BCUT2D eigenvalue weighted by Crippen LogP contribution is 2.66. The second-order valence-corrected chi connectivity index (χ2v) is 13.5. The second-order valence-electron chi connectivity index (χ2n) is 13.5. The third-order valence-electron chi connectivity index (χ3n) is 11.9. The molecule has 6 rings (SSSR count). The number of ether oxygens (including phenoxy) is 1. The van der Waals surface area contributed by atoms with Crippen LogP contribution in [0, 0.1) is 34.5 Å². The van der Waals surface area contributed by atoms with Crippen molar-refractivity contribution in [3.05, 3.63) is 23.3 Å². The van der Waals surface area contributed by atoms with Crippen LogP contribution in [0.3, 0.4) is 0 Å². The average molecular weight is 511 g/mol. The molecule has 1 saturated heterocycles. The summed E-state index contributed by atoms with van der Waals surface area (Å²) in [6.07, 6.45) is 16.3. The molecule has 6 aliphatic rings. The van der Waals surface area contributed by atoms with E-state index in [0.29, 0.717) is 42.2 Å². The van der Waals surface area contributed by atoms with Gasteiger partial charge in [0.15, 0.2) is 0 Å². The molecule has 0 bridgehead atoms. The van der Waals surface area contributed by atoms with Crippen molar-refractivity contribution in [1.82, 2.24) is 9.80 Å². The Morgan fingerprint density at radius 2 is 1.97 bits per heavy atom. The first-order valence-corrected chi connectivity index (χ1v) is 15.1. The highest BCUT2D eigenvalue weighted by atomic mass is 16.5. The lowest BCUT2D eigenvalue weighted by Gasteiger charge is -2.60. The van der Waals surface area contributed by atoms with E-state index in [2.05, 4.69) is 24.8 Å². The van der Waals surface area contributed by atoms with Gasteiger partial charge in [0.2, 0.25) is 0 Å². The minimum absolute atomic E-state index is 0.164. The van der Waals surface area contributed by atoms with E-state index in [0.717, 1.165) is 38.6 Å². The van der Waals surface area contributed by atoms with Crippen molar-refractivity contribution in [1.29, 1.82) is 0 Å². The predicted octanol–water partition coefficient (Wildman–Crippen LogP) is 5.88. The van der Waals surface area contributed by atoms with Crippen LogP contribution < -0.4 is 0 Å². The molecule has 1 amide bonds. The Bertz CT molecular complexity index is 984. The van der Waals surface area contributed by atoms with E-state index in [4.69, 9.17) is 4.74 Å². The van der Waals surface area contributed by atoms with Gasteiger partial charge in [-0.3, -0.25) is 0 Å². The highest BCUT2D eigenvalue weighted by Gasteiger charge is 2.58. The SMILES string of the molecule is C[C@]12CC[C@H](N(CCCN3CCCC3)C(=O)O)C[C@H]1CC[C@H]1C3=CC[C@H](C4=CC(=O)OC4)[C@@]3(C)CC[C@@H]12. The summed E-state index contributed by atoms with van der Waals surface area (Å²) in [5, 5.41) is 10.1. The van der Waals surface area contributed by atoms with Crippen LogP contribution >= 0.6 is 0 Å². The van der Waals surface area contributed by atoms with E-state index in [1.54, 1.807) is 11.6 Å². The molecule has 0 radical (unpaired) electrons. The van der Waals surface area contributed by atoms with Crippen molar-refractivity contribution in [2.75, 3.05) is 32.8 Å². The van der Waals surface area contributed by atoms with Crippen molar-refractivity contribution >= 4 is 12.1 Å². The van der Waals surface area contributed by atoms with Gasteiger partial charge >= 0.3 is 12.1 Å². The van der Waals surface area contributed by atoms with Gasteiger partial charge in [-0.2, -0.15) is 0 Å². The Morgan fingerprint density at radius 3 is 2.70 bits per heavy atom. The summed E-state index contributed by atoms with van der Waals surface area (Å²) in [5.41, 5.74) is 3.35. The first-order chi connectivity index (χ1) is 17.8. The number of carboxylic acid groups (broad SMARTS) is 1. The van der Waals surface area contributed by atoms with Gasteiger partial charge in [0.25, 0.3) is 0 Å². The number of rotatable bonds is 6. The summed E-state index contributed by atoms with van der Waals surface area (Å²) >= 11 is 0. The minimum atomic E-state index is -0.719. The van der Waals surface area contributed by atoms with Gasteiger partial charge in [-0.1, -0.05) is 25.5 Å². The van der Waals surface area contributed by atoms with Gasteiger partial charge < -0.3 is 19.6 Å². The zero-order chi connectivity index (χ0) is 25.8. The van der Waals surface area contributed by atoms with E-state index in [1.165, 1.54) is 57.2 Å². The van der Waals surface area contributed by atoms with Crippen molar-refractivity contribution in [2.24, 2.45) is 34.5 Å². The first kappa shape index (κ1) is 25.5. The Kier molecular flexibility index (Phi) is 6.70. The molecule has 0 aromatic rings. The summed E-state index contributed by atoms with van der Waals surface area (Å²) in [7, 11) is 0. The lowest BCUT2D eigenvalue weighted by Crippen LogP contribution is -2.54. The van der Waals surface area contributed by atoms with Crippen LogP contribution in [-0.2, 0) is 9.53 Å². The number of fused-ring (bicyclic) bond motifs is 5. The molecule has 0 spiro atoms. The lowest BCUT2D eigenvalue weighted by molar-refractivity contribution is -0.135. The molecule has 0 aromatic carbocycles. The summed E-state index contributed by atoms with van der Waals surface area (Å²) < 4.78 is 5.29. The number of hydrogen-bond acceptors (Lipinski definition) is 4. The fraction of sp³-hybridized carbons (Fsp3) is 0.806. The molecule has 6 heteroatoms. The molecule has 1 N–H and O–H groups in total. The molecule has 2 heterocycles. The molecule has 6 nitrogen and oxygen atoms in total. The van der Waals surface area contributed by atoms with Gasteiger partial charge in [0.1, 0.15) is 6.61 Å². The number of allylic oxidation sites excluding steroid dienone is 2. The molecule has 4 fully saturated rings. The molecular formula is C31H46N2O4. The minimum Gasteiger partial charge on any atom is -0.465 e. The van der Waals surface area contributed by atoms with E-state index >= 15 is 0 Å². The van der Waals surface area contributed by atoms with Gasteiger partial charge in [-0.15, -0.1) is 0 Å². The van der Waals surface area contributed by atoms with Gasteiger partial charge in [0, 0.05) is 18.7 Å². The van der Waals surface area contributed by atoms with Crippen LogP contribution in [0.4, 0.5) is 4.79 Å². The molecule has 0 aromatic heterocycles. The molecule has 2 aliphatic heterocycles. The van der Waals surface area contributed by atoms with Crippen LogP contribution in [0.1, 0.15) is 84.5 Å². The van der Waals surface area contributed by atoms with E-state index in [1.807, 2.05) is 4.90 Å². The zero-order valence-corrected chi connectivity index (χ0v) is 22.9. The molecule has 4 aliphatic carbocycles. The van der Waals surface area contributed by atoms with Crippen LogP contribution in [0.2, 0.25) is 0 Å². The normalized spacial score (nSPS) is 41.4. The third-order valence-corrected chi connectivity index (χ3v) is 11.9. The standard InChI is InChI=1S/C31H46N2O4/c1-30-12-10-23(33(29(35)36)17-5-16-32-14-3-4-15-32)19-22(30)6-7-24-26-9-8-25(21-18-28(34)37-20-21)31(26,2)13-11-27(24)30/h9,18,22-25,27H,3-8,10-17,19-20H2,1-2H3,(H,35,36)/t22-,23+,24+,25-,27+,30+,31-/m1/s1. The Balaban J connectivity index is 1.12. The fourth-order valence-corrected chi connectivity index (χ4v) is 9.91. The molecule has 37 heavy (non-hydrogen) atoms. The van der Waals surface area contributed by atoms with Crippen molar-refractivity contribution < 1.29 is 19.4 Å². The number of carbonyl (C=O) groups excluding carboxylic acids is 1. The summed E-state index contributed by atoms with van der Waals surface area (Å²) in [6, 6.07) is 0.182. The van der Waals surface area contributed by atoms with Crippen LogP contribution in [-0.4, -0.2) is 65.8 Å². The Labute approximate surface area is 222 Å². The topological polar surface area (TPSA) is 70.1 Å². The number of likely N-dealkylation sites (tertiary alicyclic amines) is 1. The maximum atomic E-state index is 12.3. The third kappa shape index (κ3) is 4.35. The fourth-order valence-electron chi connectivity index (χ4n) is 9.91. The zero-order valence-electron chi connectivity index (χ0n) is 22.9. The molecule has 7 atom stereocenters. The van der Waals surface area contributed by atoms with Gasteiger partial charge in [-0.25, -0.2) is 9.59 Å². The maximum Gasteiger partial charge on any atom is 0.407 e. The summed E-state index contributed by atoms with van der Waals surface area (Å²) in [4.78, 5) is 28.4. The van der Waals surface area contributed by atoms with Crippen LogP contribution in [0.5, 0.6) is 0 Å². The predicted molar refractivity (Wildman–Crippen MR) is 143 cm³/mol. The van der Waals surface area contributed by atoms with E-state index in [9.17, 15) is 14.7 Å². The number of amides is 1. The van der Waals surface area contributed by atoms with Gasteiger partial charge in [0.05, 0.1) is 0 Å². The molecule has 3 saturated carbocycles. The second kappa shape index (κ2) is 9.73. The van der Waals surface area contributed by atoms with Crippen LogP contribution in [0.25, 0.3) is 0 Å². The first-order valence-electron chi connectivity index (χ1n) is 15.1. The number of cyclic esters (lactones) is 1. The van der Waals surface area contributed by atoms with Crippen molar-refractivity contribution in [3.63, 3.8) is 0 Å². The average Bonchev–Trinajstić information content (AvgIpc) is 3.61. The van der Waals surface area contributed by atoms with E-state index in [-0.39, 0.29) is 17.4 Å². The van der Waals surface area contributed by atoms with Crippen molar-refractivity contribution in [3.8, 4) is 0 Å². The largest absolute Gasteiger partial charge is 0.465 e. The number of carbonyl (C=O) groups is 2. The van der Waals surface area contributed by atoms with Crippen molar-refractivity contribution in [2.45, 2.75) is 90.5 Å². The number of esters is 1. The molecular weight excluding hydrogens is 464 g/mol. The van der Waals surface area contributed by atoms with E-state index < -0.39 is 6.09 Å². The highest BCUT2D eigenvalue weighted by molar-refractivity contribution is 5.85. The molecule has 204 valence electrons. The maximum absolute atomic E-state index is 12.3.